The normalized spacial score (nSPS) is 10.9. The minimum absolute atomic E-state index is 0.108. The van der Waals surface area contributed by atoms with E-state index in [2.05, 4.69) is 10.2 Å². The van der Waals surface area contributed by atoms with Crippen LogP contribution in [0, 0.1) is 11.6 Å². The first-order valence-electron chi connectivity index (χ1n) is 8.46. The molecule has 0 atom stereocenters. The highest BCUT2D eigenvalue weighted by molar-refractivity contribution is 6.31. The molecule has 0 unspecified atom stereocenters. The van der Waals surface area contributed by atoms with Crippen LogP contribution in [0.15, 0.2) is 36.7 Å². The van der Waals surface area contributed by atoms with Crippen LogP contribution in [0.5, 0.6) is 5.75 Å². The predicted octanol–water partition coefficient (Wildman–Crippen LogP) is 3.34. The van der Waals surface area contributed by atoms with Crippen molar-refractivity contribution in [1.29, 1.82) is 0 Å². The Labute approximate surface area is 165 Å². The van der Waals surface area contributed by atoms with Crippen molar-refractivity contribution in [3.8, 4) is 5.75 Å². The van der Waals surface area contributed by atoms with E-state index in [1.807, 2.05) is 6.92 Å². The molecule has 0 spiro atoms. The highest BCUT2D eigenvalue weighted by atomic mass is 35.5. The van der Waals surface area contributed by atoms with Gasteiger partial charge in [0, 0.05) is 32.1 Å². The minimum atomic E-state index is -0.813. The van der Waals surface area contributed by atoms with Crippen molar-refractivity contribution in [2.45, 2.75) is 26.7 Å². The molecule has 2 aromatic heterocycles. The fourth-order valence-corrected chi connectivity index (χ4v) is 2.68. The van der Waals surface area contributed by atoms with E-state index in [9.17, 15) is 13.6 Å². The van der Waals surface area contributed by atoms with Gasteiger partial charge in [-0.05, 0) is 25.1 Å². The fraction of sp³-hybridized carbons (Fsp3) is 0.278. The Morgan fingerprint density at radius 1 is 1.25 bits per heavy atom. The quantitative estimate of drug-likeness (QED) is 0.600. The first kappa shape index (κ1) is 19.8. The Bertz CT molecular complexity index is 988. The third-order valence-electron chi connectivity index (χ3n) is 3.95. The van der Waals surface area contributed by atoms with Gasteiger partial charge >= 0.3 is 0 Å². The summed E-state index contributed by atoms with van der Waals surface area (Å²) in [6, 6.07) is 4.53. The molecule has 0 N–H and O–H groups in total. The molecule has 2 heterocycles. The van der Waals surface area contributed by atoms with Crippen molar-refractivity contribution in [3.63, 3.8) is 0 Å². The maximum absolute atomic E-state index is 13.6. The number of amides is 1. The molecular formula is C18H18ClF2N5O2. The molecule has 1 aromatic carbocycles. The summed E-state index contributed by atoms with van der Waals surface area (Å²) in [4.78, 5) is 14.0. The highest BCUT2D eigenvalue weighted by Gasteiger charge is 2.18. The number of ether oxygens (including phenoxy) is 1. The Hall–Kier alpha value is -2.94. The molecule has 10 heteroatoms. The number of hydrogen-bond donors (Lipinski definition) is 0. The number of benzene rings is 1. The van der Waals surface area contributed by atoms with Crippen LogP contribution in [0.1, 0.15) is 23.1 Å². The maximum Gasteiger partial charge on any atom is 0.274 e. The Kier molecular flexibility index (Phi) is 5.93. The average Bonchev–Trinajstić information content (AvgIpc) is 3.27. The Morgan fingerprint density at radius 3 is 2.71 bits per heavy atom. The van der Waals surface area contributed by atoms with Gasteiger partial charge in [0.2, 0.25) is 0 Å². The summed E-state index contributed by atoms with van der Waals surface area (Å²) in [5, 5.41) is 8.92. The second kappa shape index (κ2) is 8.39. The molecule has 0 aliphatic rings. The zero-order chi connectivity index (χ0) is 20.3. The Morgan fingerprint density at radius 2 is 2.04 bits per heavy atom. The zero-order valence-corrected chi connectivity index (χ0v) is 16.0. The largest absolute Gasteiger partial charge is 0.468 e. The van der Waals surface area contributed by atoms with Crippen molar-refractivity contribution in [1.82, 2.24) is 24.5 Å². The van der Waals surface area contributed by atoms with Crippen molar-refractivity contribution >= 4 is 17.5 Å². The number of carbonyl (C=O) groups is 1. The van der Waals surface area contributed by atoms with Gasteiger partial charge in [-0.3, -0.25) is 9.48 Å². The molecule has 3 aromatic rings. The molecule has 148 valence electrons. The molecule has 0 saturated heterocycles. The van der Waals surface area contributed by atoms with Gasteiger partial charge in [0.15, 0.2) is 24.0 Å². The van der Waals surface area contributed by atoms with Crippen LogP contribution >= 0.6 is 11.6 Å². The van der Waals surface area contributed by atoms with Crippen molar-refractivity contribution in [3.05, 3.63) is 64.7 Å². The molecule has 0 saturated carbocycles. The first-order chi connectivity index (χ1) is 13.4. The summed E-state index contributed by atoms with van der Waals surface area (Å²) >= 11 is 6.13. The second-order valence-corrected chi connectivity index (χ2v) is 6.44. The van der Waals surface area contributed by atoms with E-state index in [-0.39, 0.29) is 30.6 Å². The SMILES string of the molecule is CCn1cc(Cl)c(CN(C)C(=O)c2ccn(COc3ccc(F)cc3F)n2)n1. The van der Waals surface area contributed by atoms with Crippen LogP contribution in [-0.4, -0.2) is 37.4 Å². The first-order valence-corrected chi connectivity index (χ1v) is 8.83. The number of aryl methyl sites for hydroxylation is 1. The topological polar surface area (TPSA) is 65.2 Å². The summed E-state index contributed by atoms with van der Waals surface area (Å²) in [5.41, 5.74) is 0.783. The lowest BCUT2D eigenvalue weighted by Gasteiger charge is -2.14. The van der Waals surface area contributed by atoms with Crippen molar-refractivity contribution in [2.75, 3.05) is 7.05 Å². The van der Waals surface area contributed by atoms with Crippen LogP contribution in [0.3, 0.4) is 0 Å². The molecule has 28 heavy (non-hydrogen) atoms. The van der Waals surface area contributed by atoms with Gasteiger partial charge in [-0.1, -0.05) is 11.6 Å². The van der Waals surface area contributed by atoms with E-state index in [0.29, 0.717) is 17.3 Å². The third kappa shape index (κ3) is 4.48. The van der Waals surface area contributed by atoms with Gasteiger partial charge in [-0.15, -0.1) is 0 Å². The fourth-order valence-electron chi connectivity index (χ4n) is 2.47. The van der Waals surface area contributed by atoms with Gasteiger partial charge < -0.3 is 9.64 Å². The molecule has 0 aliphatic heterocycles. The smallest absolute Gasteiger partial charge is 0.274 e. The van der Waals surface area contributed by atoms with E-state index in [1.165, 1.54) is 27.9 Å². The van der Waals surface area contributed by atoms with E-state index in [0.717, 1.165) is 12.1 Å². The number of nitrogens with zero attached hydrogens (tertiary/aromatic N) is 5. The van der Waals surface area contributed by atoms with E-state index >= 15 is 0 Å². The summed E-state index contributed by atoms with van der Waals surface area (Å²) in [6.45, 7) is 2.71. The van der Waals surface area contributed by atoms with Crippen LogP contribution in [0.25, 0.3) is 0 Å². The molecular weight excluding hydrogens is 392 g/mol. The summed E-state index contributed by atoms with van der Waals surface area (Å²) < 4.78 is 34.8. The lowest BCUT2D eigenvalue weighted by molar-refractivity contribution is 0.0775. The molecule has 0 fully saturated rings. The van der Waals surface area contributed by atoms with Gasteiger partial charge in [0.05, 0.1) is 11.6 Å². The Balaban J connectivity index is 1.62. The van der Waals surface area contributed by atoms with E-state index in [1.54, 1.807) is 17.9 Å². The number of rotatable bonds is 7. The van der Waals surface area contributed by atoms with Gasteiger partial charge in [0.25, 0.3) is 5.91 Å². The minimum Gasteiger partial charge on any atom is -0.468 e. The van der Waals surface area contributed by atoms with Gasteiger partial charge in [-0.25, -0.2) is 13.5 Å². The third-order valence-corrected chi connectivity index (χ3v) is 4.27. The lowest BCUT2D eigenvalue weighted by Crippen LogP contribution is -2.27. The van der Waals surface area contributed by atoms with Crippen LogP contribution in [0.2, 0.25) is 5.02 Å². The van der Waals surface area contributed by atoms with Crippen molar-refractivity contribution in [2.24, 2.45) is 0 Å². The highest BCUT2D eigenvalue weighted by Crippen LogP contribution is 2.18. The predicted molar refractivity (Wildman–Crippen MR) is 97.9 cm³/mol. The molecule has 0 bridgehead atoms. The van der Waals surface area contributed by atoms with Crippen LogP contribution < -0.4 is 4.74 Å². The molecule has 1 amide bonds. The summed E-state index contributed by atoms with van der Waals surface area (Å²) in [7, 11) is 1.62. The maximum atomic E-state index is 13.6. The zero-order valence-electron chi connectivity index (χ0n) is 15.3. The molecule has 7 nitrogen and oxygen atoms in total. The number of carbonyl (C=O) groups excluding carboxylic acids is 1. The van der Waals surface area contributed by atoms with E-state index < -0.39 is 11.6 Å². The second-order valence-electron chi connectivity index (χ2n) is 6.03. The molecule has 0 aliphatic carbocycles. The molecule has 3 rings (SSSR count). The summed E-state index contributed by atoms with van der Waals surface area (Å²) in [5.74, 6) is -1.94. The van der Waals surface area contributed by atoms with Gasteiger partial charge in [-0.2, -0.15) is 10.2 Å². The average molecular weight is 410 g/mol. The monoisotopic (exact) mass is 409 g/mol. The van der Waals surface area contributed by atoms with Crippen LogP contribution in [-0.2, 0) is 19.8 Å². The standard InChI is InChI=1S/C18H18ClF2N5O2/c1-3-25-9-13(19)16(23-25)10-24(2)18(27)15-6-7-26(22-15)11-28-17-5-4-12(20)8-14(17)21/h4-9H,3,10-11H2,1-2H3. The summed E-state index contributed by atoms with van der Waals surface area (Å²) in [6.07, 6.45) is 3.23. The lowest BCUT2D eigenvalue weighted by atomic mass is 10.3. The van der Waals surface area contributed by atoms with Crippen LogP contribution in [0.4, 0.5) is 8.78 Å². The van der Waals surface area contributed by atoms with Crippen molar-refractivity contribution < 1.29 is 18.3 Å². The number of aromatic nitrogens is 4. The number of halogens is 3. The van der Waals surface area contributed by atoms with E-state index in [4.69, 9.17) is 16.3 Å². The van der Waals surface area contributed by atoms with Gasteiger partial charge in [0.1, 0.15) is 11.5 Å². The number of hydrogen-bond acceptors (Lipinski definition) is 4. The molecule has 0 radical (unpaired) electrons.